The lowest BCUT2D eigenvalue weighted by atomic mass is 10.0. The Labute approximate surface area is 519 Å². The quantitative estimate of drug-likeness (QED) is 0.0320. The maximum absolute atomic E-state index is 12.5. The highest BCUT2D eigenvalue weighted by molar-refractivity contribution is 5.76. The molecular formula is C77H147NO5. The fourth-order valence-electron chi connectivity index (χ4n) is 11.9. The van der Waals surface area contributed by atoms with Gasteiger partial charge in [-0.3, -0.25) is 9.59 Å². The third-order valence-corrected chi connectivity index (χ3v) is 17.6. The molecule has 0 aromatic rings. The number of nitrogens with one attached hydrogen (secondary N) is 1. The van der Waals surface area contributed by atoms with Gasteiger partial charge in [0.2, 0.25) is 5.91 Å². The summed E-state index contributed by atoms with van der Waals surface area (Å²) in [5.74, 6) is -0.0520. The maximum Gasteiger partial charge on any atom is 0.305 e. The van der Waals surface area contributed by atoms with E-state index in [0.29, 0.717) is 19.4 Å². The van der Waals surface area contributed by atoms with Gasteiger partial charge in [0, 0.05) is 12.8 Å². The first-order valence-electron chi connectivity index (χ1n) is 37.8. The summed E-state index contributed by atoms with van der Waals surface area (Å²) in [4.78, 5) is 24.6. The number of hydrogen-bond acceptors (Lipinski definition) is 5. The molecule has 2 atom stereocenters. The molecule has 6 heteroatoms. The zero-order valence-corrected chi connectivity index (χ0v) is 56.2. The molecule has 0 radical (unpaired) electrons. The predicted octanol–water partition coefficient (Wildman–Crippen LogP) is 24.7. The van der Waals surface area contributed by atoms with E-state index in [1.807, 2.05) is 6.08 Å². The molecule has 0 heterocycles. The standard InChI is InChI=1S/C77H147NO5/c1-3-5-7-9-11-13-15-17-19-20-21-35-38-42-45-49-53-57-61-65-69-75(80)74(73-79)78-76(81)70-66-62-58-54-50-46-43-39-36-33-31-29-27-25-23-22-24-26-28-30-32-34-37-40-44-48-52-56-60-64-68-72-83-77(82)71-67-63-59-55-51-47-41-18-16-14-12-10-8-6-4-2/h18,24,26,41,65,69,74-75,79-80H,3-17,19-23,25,27-40,42-64,66-68,70-73H2,1-2H3,(H,78,81)/b26-24-,41-18-,69-65+. The number of allylic oxidation sites excluding steroid dienone is 5. The summed E-state index contributed by atoms with van der Waals surface area (Å²) in [6.07, 6.45) is 93.9. The topological polar surface area (TPSA) is 95.9 Å². The maximum atomic E-state index is 12.5. The number of aliphatic hydroxyl groups is 2. The van der Waals surface area contributed by atoms with Crippen LogP contribution < -0.4 is 5.32 Å². The van der Waals surface area contributed by atoms with Crippen molar-refractivity contribution in [1.29, 1.82) is 0 Å². The summed E-state index contributed by atoms with van der Waals surface area (Å²) >= 11 is 0. The number of ether oxygens (including phenoxy) is 1. The molecule has 0 aliphatic heterocycles. The summed E-state index contributed by atoms with van der Waals surface area (Å²) < 4.78 is 5.49. The van der Waals surface area contributed by atoms with E-state index in [9.17, 15) is 19.8 Å². The van der Waals surface area contributed by atoms with Crippen molar-refractivity contribution in [1.82, 2.24) is 5.32 Å². The molecule has 6 nitrogen and oxygen atoms in total. The van der Waals surface area contributed by atoms with Gasteiger partial charge in [-0.15, -0.1) is 0 Å². The predicted molar refractivity (Wildman–Crippen MR) is 366 cm³/mol. The van der Waals surface area contributed by atoms with Crippen molar-refractivity contribution in [3.63, 3.8) is 0 Å². The van der Waals surface area contributed by atoms with Gasteiger partial charge in [-0.2, -0.15) is 0 Å². The van der Waals surface area contributed by atoms with Gasteiger partial charge >= 0.3 is 5.97 Å². The Hall–Kier alpha value is -1.92. The van der Waals surface area contributed by atoms with Gasteiger partial charge in [0.25, 0.3) is 0 Å². The van der Waals surface area contributed by atoms with Crippen LogP contribution in [-0.2, 0) is 14.3 Å². The van der Waals surface area contributed by atoms with Crippen LogP contribution >= 0.6 is 0 Å². The summed E-state index contributed by atoms with van der Waals surface area (Å²) in [6, 6.07) is -0.627. The average Bonchev–Trinajstić information content (AvgIpc) is 3.49. The van der Waals surface area contributed by atoms with E-state index in [-0.39, 0.29) is 18.5 Å². The highest BCUT2D eigenvalue weighted by Crippen LogP contribution is 2.19. The number of carbonyl (C=O) groups is 2. The van der Waals surface area contributed by atoms with E-state index in [0.717, 1.165) is 44.9 Å². The fraction of sp³-hybridized carbons (Fsp3) is 0.896. The molecule has 3 N–H and O–H groups in total. The average molecular weight is 1170 g/mol. The number of esters is 1. The largest absolute Gasteiger partial charge is 0.466 e. The Bertz CT molecular complexity index is 1340. The van der Waals surface area contributed by atoms with Crippen molar-refractivity contribution in [3.05, 3.63) is 36.5 Å². The minimum atomic E-state index is -0.844. The summed E-state index contributed by atoms with van der Waals surface area (Å²) in [7, 11) is 0. The smallest absolute Gasteiger partial charge is 0.305 e. The summed E-state index contributed by atoms with van der Waals surface area (Å²) in [5, 5.41) is 23.3. The van der Waals surface area contributed by atoms with Crippen LogP contribution in [0.5, 0.6) is 0 Å². The Morgan fingerprint density at radius 2 is 0.566 bits per heavy atom. The van der Waals surface area contributed by atoms with E-state index >= 15 is 0 Å². The monoisotopic (exact) mass is 1170 g/mol. The highest BCUT2D eigenvalue weighted by Gasteiger charge is 2.18. The van der Waals surface area contributed by atoms with Gasteiger partial charge in [0.15, 0.2) is 0 Å². The van der Waals surface area contributed by atoms with Crippen LogP contribution in [0.1, 0.15) is 418 Å². The molecule has 0 aromatic carbocycles. The zero-order valence-electron chi connectivity index (χ0n) is 56.2. The van der Waals surface area contributed by atoms with Crippen molar-refractivity contribution in [2.24, 2.45) is 0 Å². The van der Waals surface area contributed by atoms with Crippen molar-refractivity contribution in [2.75, 3.05) is 13.2 Å². The lowest BCUT2D eigenvalue weighted by Gasteiger charge is -2.20. The zero-order chi connectivity index (χ0) is 59.9. The van der Waals surface area contributed by atoms with Crippen LogP contribution in [0.15, 0.2) is 36.5 Å². The van der Waals surface area contributed by atoms with Gasteiger partial charge < -0.3 is 20.3 Å². The van der Waals surface area contributed by atoms with Crippen LogP contribution in [0.3, 0.4) is 0 Å². The molecule has 0 bridgehead atoms. The molecule has 0 aromatic heterocycles. The van der Waals surface area contributed by atoms with Crippen molar-refractivity contribution < 1.29 is 24.5 Å². The molecule has 0 spiro atoms. The third-order valence-electron chi connectivity index (χ3n) is 17.6. The first kappa shape index (κ1) is 81.1. The second kappa shape index (κ2) is 72.6. The molecule has 0 aliphatic rings. The van der Waals surface area contributed by atoms with Crippen molar-refractivity contribution >= 4 is 11.9 Å². The van der Waals surface area contributed by atoms with E-state index in [1.54, 1.807) is 6.08 Å². The van der Waals surface area contributed by atoms with Crippen LogP contribution in [-0.4, -0.2) is 47.4 Å². The van der Waals surface area contributed by atoms with Gasteiger partial charge in [-0.1, -0.05) is 359 Å². The summed E-state index contributed by atoms with van der Waals surface area (Å²) in [5.41, 5.74) is 0. The van der Waals surface area contributed by atoms with Crippen molar-refractivity contribution in [2.45, 2.75) is 431 Å². The first-order valence-corrected chi connectivity index (χ1v) is 37.8. The number of aliphatic hydroxyl groups excluding tert-OH is 2. The normalized spacial score (nSPS) is 12.7. The molecule has 0 rings (SSSR count). The lowest BCUT2D eigenvalue weighted by Crippen LogP contribution is -2.45. The number of hydrogen-bond donors (Lipinski definition) is 3. The molecule has 0 aliphatic carbocycles. The number of carbonyl (C=O) groups excluding carboxylic acids is 2. The van der Waals surface area contributed by atoms with E-state index in [2.05, 4.69) is 43.5 Å². The van der Waals surface area contributed by atoms with Crippen LogP contribution in [0, 0.1) is 0 Å². The Kier molecular flexibility index (Phi) is 70.9. The molecule has 1 amide bonds. The first-order chi connectivity index (χ1) is 41.0. The van der Waals surface area contributed by atoms with Gasteiger partial charge in [-0.25, -0.2) is 0 Å². The minimum absolute atomic E-state index is 0.0100. The van der Waals surface area contributed by atoms with E-state index in [1.165, 1.54) is 347 Å². The Morgan fingerprint density at radius 1 is 0.325 bits per heavy atom. The van der Waals surface area contributed by atoms with Crippen LogP contribution in [0.4, 0.5) is 0 Å². The fourth-order valence-corrected chi connectivity index (χ4v) is 11.9. The van der Waals surface area contributed by atoms with Crippen molar-refractivity contribution in [3.8, 4) is 0 Å². The van der Waals surface area contributed by atoms with E-state index < -0.39 is 12.1 Å². The highest BCUT2D eigenvalue weighted by atomic mass is 16.5. The van der Waals surface area contributed by atoms with E-state index in [4.69, 9.17) is 4.74 Å². The van der Waals surface area contributed by atoms with Crippen LogP contribution in [0.2, 0.25) is 0 Å². The molecule has 2 unspecified atom stereocenters. The number of amides is 1. The molecule has 83 heavy (non-hydrogen) atoms. The number of unbranched alkanes of at least 4 members (excludes halogenated alkanes) is 56. The Morgan fingerprint density at radius 3 is 0.855 bits per heavy atom. The Balaban J connectivity index is 3.38. The molecule has 0 saturated carbocycles. The second-order valence-electron chi connectivity index (χ2n) is 26.0. The number of rotatable bonds is 71. The molecular weight excluding hydrogens is 1020 g/mol. The molecule has 0 fully saturated rings. The third kappa shape index (κ3) is 69.1. The van der Waals surface area contributed by atoms with Gasteiger partial charge in [0.1, 0.15) is 0 Å². The van der Waals surface area contributed by atoms with Gasteiger partial charge in [-0.05, 0) is 83.5 Å². The SMILES string of the molecule is CCCCCCCC/C=C\CCCCCCCC(=O)OCCCCCCCCCCCCCC/C=C\CCCCCCCCCCCCCCCCCC(=O)NC(CO)C(O)/C=C/CCCCCCCCCCCCCCCCCCCC. The second-order valence-corrected chi connectivity index (χ2v) is 26.0. The summed E-state index contributed by atoms with van der Waals surface area (Å²) in [6.45, 7) is 4.94. The minimum Gasteiger partial charge on any atom is -0.466 e. The van der Waals surface area contributed by atoms with Crippen LogP contribution in [0.25, 0.3) is 0 Å². The molecule has 490 valence electrons. The molecule has 0 saturated heterocycles. The lowest BCUT2D eigenvalue weighted by molar-refractivity contribution is -0.143. The van der Waals surface area contributed by atoms with Gasteiger partial charge in [0.05, 0.1) is 25.4 Å².